The maximum atomic E-state index is 14.6. The summed E-state index contributed by atoms with van der Waals surface area (Å²) in [4.78, 5) is 12.6. The Balaban J connectivity index is 1.87. The summed E-state index contributed by atoms with van der Waals surface area (Å²) in [5.74, 6) is -0.00319. The summed E-state index contributed by atoms with van der Waals surface area (Å²) in [5.41, 5.74) is 3.04. The highest BCUT2D eigenvalue weighted by Crippen LogP contribution is 2.40. The Morgan fingerprint density at radius 2 is 1.41 bits per heavy atom. The number of methoxy groups -OCH3 is 3. The van der Waals surface area contributed by atoms with Gasteiger partial charge in [-0.2, -0.15) is 0 Å². The van der Waals surface area contributed by atoms with Gasteiger partial charge in [-0.1, -0.05) is 35.9 Å². The lowest BCUT2D eigenvalue weighted by atomic mass is 10.0. The third-order valence-corrected chi connectivity index (χ3v) is 4.52. The van der Waals surface area contributed by atoms with E-state index in [2.05, 4.69) is 5.32 Å². The van der Waals surface area contributed by atoms with E-state index in [9.17, 15) is 9.18 Å². The third kappa shape index (κ3) is 4.32. The smallest absolute Gasteiger partial charge is 0.258 e. The fourth-order valence-electron chi connectivity index (χ4n) is 2.98. The van der Waals surface area contributed by atoms with Crippen LogP contribution in [0, 0.1) is 12.7 Å². The van der Waals surface area contributed by atoms with Gasteiger partial charge < -0.3 is 19.5 Å². The number of hydrogen-bond donors (Lipinski definition) is 1. The van der Waals surface area contributed by atoms with E-state index in [-0.39, 0.29) is 5.56 Å². The lowest BCUT2D eigenvalue weighted by Crippen LogP contribution is -2.14. The number of halogens is 1. The van der Waals surface area contributed by atoms with E-state index in [4.69, 9.17) is 14.2 Å². The molecule has 0 radical (unpaired) electrons. The number of carbonyl (C=O) groups is 1. The number of aryl methyl sites for hydroxylation is 1. The van der Waals surface area contributed by atoms with E-state index >= 15 is 0 Å². The van der Waals surface area contributed by atoms with E-state index in [1.165, 1.54) is 33.5 Å². The minimum absolute atomic E-state index is 0.0605. The van der Waals surface area contributed by atoms with Crippen molar-refractivity contribution in [1.29, 1.82) is 0 Å². The van der Waals surface area contributed by atoms with Crippen molar-refractivity contribution in [1.82, 2.24) is 0 Å². The van der Waals surface area contributed by atoms with Gasteiger partial charge in [0.05, 0.1) is 26.9 Å². The SMILES string of the molecule is COc1cc(NC(=O)c2ccc(-c3ccc(C)cc3)cc2F)cc(OC)c1OC. The number of amides is 1. The predicted octanol–water partition coefficient (Wildman–Crippen LogP) is 5.08. The van der Waals surface area contributed by atoms with Crippen LogP contribution >= 0.6 is 0 Å². The molecule has 0 unspecified atom stereocenters. The Morgan fingerprint density at radius 1 is 0.828 bits per heavy atom. The van der Waals surface area contributed by atoms with Gasteiger partial charge in [-0.05, 0) is 30.2 Å². The van der Waals surface area contributed by atoms with Gasteiger partial charge in [0.2, 0.25) is 5.75 Å². The number of hydrogen-bond acceptors (Lipinski definition) is 4. The Labute approximate surface area is 169 Å². The van der Waals surface area contributed by atoms with Crippen LogP contribution in [0.25, 0.3) is 11.1 Å². The molecule has 0 aromatic heterocycles. The minimum atomic E-state index is -0.604. The first-order chi connectivity index (χ1) is 14.0. The first-order valence-corrected chi connectivity index (χ1v) is 8.94. The van der Waals surface area contributed by atoms with Gasteiger partial charge in [0, 0.05) is 17.8 Å². The summed E-state index contributed by atoms with van der Waals surface area (Å²) in [7, 11) is 4.45. The van der Waals surface area contributed by atoms with Crippen molar-refractivity contribution in [3.8, 4) is 28.4 Å². The summed E-state index contributed by atoms with van der Waals surface area (Å²) in [6.07, 6.45) is 0. The van der Waals surface area contributed by atoms with Crippen molar-refractivity contribution in [3.63, 3.8) is 0 Å². The highest BCUT2D eigenvalue weighted by atomic mass is 19.1. The lowest BCUT2D eigenvalue weighted by molar-refractivity contribution is 0.102. The molecule has 3 aromatic rings. The van der Waals surface area contributed by atoms with Crippen LogP contribution in [0.2, 0.25) is 0 Å². The number of ether oxygens (including phenoxy) is 3. The lowest BCUT2D eigenvalue weighted by Gasteiger charge is -2.15. The fraction of sp³-hybridized carbons (Fsp3) is 0.174. The largest absolute Gasteiger partial charge is 0.493 e. The highest BCUT2D eigenvalue weighted by Gasteiger charge is 2.17. The summed E-state index contributed by atoms with van der Waals surface area (Å²) in [5, 5.41) is 2.67. The fourth-order valence-corrected chi connectivity index (χ4v) is 2.98. The molecule has 29 heavy (non-hydrogen) atoms. The van der Waals surface area contributed by atoms with Crippen LogP contribution in [0.1, 0.15) is 15.9 Å². The van der Waals surface area contributed by atoms with Crippen molar-refractivity contribution >= 4 is 11.6 Å². The normalized spacial score (nSPS) is 10.4. The van der Waals surface area contributed by atoms with Crippen LogP contribution < -0.4 is 19.5 Å². The molecule has 1 N–H and O–H groups in total. The van der Waals surface area contributed by atoms with E-state index in [0.29, 0.717) is 28.5 Å². The zero-order valence-corrected chi connectivity index (χ0v) is 16.7. The van der Waals surface area contributed by atoms with E-state index in [1.54, 1.807) is 18.2 Å². The van der Waals surface area contributed by atoms with Crippen LogP contribution in [-0.2, 0) is 0 Å². The number of anilines is 1. The van der Waals surface area contributed by atoms with Gasteiger partial charge in [-0.15, -0.1) is 0 Å². The molecule has 150 valence electrons. The summed E-state index contributed by atoms with van der Waals surface area (Å²) in [6.45, 7) is 1.99. The van der Waals surface area contributed by atoms with Crippen LogP contribution in [-0.4, -0.2) is 27.2 Å². The zero-order valence-electron chi connectivity index (χ0n) is 16.7. The molecule has 0 bridgehead atoms. The monoisotopic (exact) mass is 395 g/mol. The molecule has 0 aliphatic rings. The molecule has 0 heterocycles. The van der Waals surface area contributed by atoms with Crippen molar-refractivity contribution in [2.45, 2.75) is 6.92 Å². The maximum Gasteiger partial charge on any atom is 0.258 e. The summed E-state index contributed by atoms with van der Waals surface area (Å²) in [6, 6.07) is 15.5. The standard InChI is InChI=1S/C23H22FNO4/c1-14-5-7-15(8-6-14)16-9-10-18(19(24)11-16)23(26)25-17-12-20(27-2)22(29-4)21(13-17)28-3/h5-13H,1-4H3,(H,25,26). The molecule has 0 saturated carbocycles. The molecule has 0 aliphatic carbocycles. The molecule has 0 spiro atoms. The number of nitrogens with one attached hydrogen (secondary N) is 1. The van der Waals surface area contributed by atoms with Gasteiger partial charge in [0.25, 0.3) is 5.91 Å². The summed E-state index contributed by atoms with van der Waals surface area (Å²) < 4.78 is 30.5. The zero-order chi connectivity index (χ0) is 21.0. The minimum Gasteiger partial charge on any atom is -0.493 e. The molecule has 0 atom stereocenters. The maximum absolute atomic E-state index is 14.6. The van der Waals surface area contributed by atoms with Gasteiger partial charge in [-0.25, -0.2) is 4.39 Å². The van der Waals surface area contributed by atoms with E-state index in [0.717, 1.165) is 11.1 Å². The molecule has 6 heteroatoms. The van der Waals surface area contributed by atoms with Gasteiger partial charge in [0.1, 0.15) is 5.82 Å². The Bertz CT molecular complexity index is 1010. The predicted molar refractivity (Wildman–Crippen MR) is 111 cm³/mol. The van der Waals surface area contributed by atoms with Gasteiger partial charge in [-0.3, -0.25) is 4.79 Å². The highest BCUT2D eigenvalue weighted by molar-refractivity contribution is 6.05. The molecule has 1 amide bonds. The topological polar surface area (TPSA) is 56.8 Å². The number of carbonyl (C=O) groups excluding carboxylic acids is 1. The Kier molecular flexibility index (Phi) is 6.02. The van der Waals surface area contributed by atoms with Crippen LogP contribution in [0.15, 0.2) is 54.6 Å². The second-order valence-electron chi connectivity index (χ2n) is 6.43. The van der Waals surface area contributed by atoms with Crippen LogP contribution in [0.3, 0.4) is 0 Å². The van der Waals surface area contributed by atoms with Gasteiger partial charge in [0.15, 0.2) is 11.5 Å². The second kappa shape index (κ2) is 8.65. The first-order valence-electron chi connectivity index (χ1n) is 8.94. The second-order valence-corrected chi connectivity index (χ2v) is 6.43. The molecule has 5 nitrogen and oxygen atoms in total. The van der Waals surface area contributed by atoms with Crippen molar-refractivity contribution in [2.24, 2.45) is 0 Å². The first kappa shape index (κ1) is 20.2. The van der Waals surface area contributed by atoms with Crippen molar-refractivity contribution < 1.29 is 23.4 Å². The Hall–Kier alpha value is -3.54. The summed E-state index contributed by atoms with van der Waals surface area (Å²) >= 11 is 0. The molecule has 3 aromatic carbocycles. The molecule has 0 aliphatic heterocycles. The average molecular weight is 395 g/mol. The molecule has 0 saturated heterocycles. The quantitative estimate of drug-likeness (QED) is 0.632. The number of benzene rings is 3. The van der Waals surface area contributed by atoms with Crippen LogP contribution in [0.5, 0.6) is 17.2 Å². The molecular formula is C23H22FNO4. The average Bonchev–Trinajstić information content (AvgIpc) is 2.73. The molecular weight excluding hydrogens is 373 g/mol. The molecule has 0 fully saturated rings. The molecule has 3 rings (SSSR count). The number of rotatable bonds is 6. The van der Waals surface area contributed by atoms with Crippen LogP contribution in [0.4, 0.5) is 10.1 Å². The van der Waals surface area contributed by atoms with E-state index in [1.807, 2.05) is 31.2 Å². The third-order valence-electron chi connectivity index (χ3n) is 4.52. The van der Waals surface area contributed by atoms with E-state index < -0.39 is 11.7 Å². The Morgan fingerprint density at radius 3 is 1.93 bits per heavy atom. The van der Waals surface area contributed by atoms with Gasteiger partial charge >= 0.3 is 0 Å². The van der Waals surface area contributed by atoms with Crippen molar-refractivity contribution in [2.75, 3.05) is 26.6 Å². The van der Waals surface area contributed by atoms with Crippen molar-refractivity contribution in [3.05, 3.63) is 71.5 Å².